The van der Waals surface area contributed by atoms with Gasteiger partial charge in [0, 0.05) is 0 Å². The maximum Gasteiger partial charge on any atom is 0.151 e. The highest BCUT2D eigenvalue weighted by Crippen LogP contribution is 2.33. The number of aldehydes is 1. The summed E-state index contributed by atoms with van der Waals surface area (Å²) in [6.45, 7) is -2.01. The van der Waals surface area contributed by atoms with Crippen molar-refractivity contribution >= 4 is 6.29 Å². The molecule has 9 N–H and O–H groups in total. The Labute approximate surface area is 130 Å². The van der Waals surface area contributed by atoms with E-state index in [0.717, 1.165) is 0 Å². The van der Waals surface area contributed by atoms with E-state index in [9.17, 15) is 40.5 Å². The van der Waals surface area contributed by atoms with Gasteiger partial charge in [0.2, 0.25) is 0 Å². The number of rotatable bonds is 7. The molecule has 0 radical (unpaired) electrons. The van der Waals surface area contributed by atoms with Gasteiger partial charge in [-0.2, -0.15) is 0 Å². The second-order valence-electron chi connectivity index (χ2n) is 5.41. The molecule has 9 atom stereocenters. The van der Waals surface area contributed by atoms with Crippen LogP contribution in [-0.4, -0.2) is 120 Å². The topological polar surface area (TPSA) is 208 Å². The Hall–Kier alpha value is -0.730. The third-order valence-corrected chi connectivity index (χ3v) is 3.99. The van der Waals surface area contributed by atoms with Crippen molar-refractivity contribution in [2.24, 2.45) is 0 Å². The van der Waals surface area contributed by atoms with E-state index in [-0.39, 0.29) is 6.29 Å². The molecule has 11 heteroatoms. The van der Waals surface area contributed by atoms with E-state index in [1.54, 1.807) is 0 Å². The van der Waals surface area contributed by atoms with Crippen LogP contribution < -0.4 is 0 Å². The number of hydrogen-bond acceptors (Lipinski definition) is 11. The van der Waals surface area contributed by atoms with E-state index in [4.69, 9.17) is 14.9 Å². The molecule has 1 fully saturated rings. The summed E-state index contributed by atoms with van der Waals surface area (Å²) >= 11 is 0. The summed E-state index contributed by atoms with van der Waals surface area (Å²) in [4.78, 5) is 10.6. The Balaban J connectivity index is 3.27. The lowest BCUT2D eigenvalue weighted by molar-refractivity contribution is -0.309. The average molecular weight is 342 g/mol. The van der Waals surface area contributed by atoms with Gasteiger partial charge in [-0.25, -0.2) is 0 Å². The second kappa shape index (κ2) is 7.90. The minimum Gasteiger partial charge on any atom is -0.394 e. The molecule has 0 aromatic carbocycles. The number of hydrogen-bond donors (Lipinski definition) is 9. The SMILES string of the molecule is O=C[C@H](O)[C@@H](O)[C@](O)([C@H](O)CO)[C@@H]1O[C@H](CO)[C@H](O)[C@H](O)[C@H]1O. The van der Waals surface area contributed by atoms with Crippen molar-refractivity contribution < 1.29 is 55.5 Å². The first kappa shape index (κ1) is 20.3. The summed E-state index contributed by atoms with van der Waals surface area (Å²) in [5, 5.41) is 87.1. The van der Waals surface area contributed by atoms with E-state index < -0.39 is 67.6 Å². The first-order valence-corrected chi connectivity index (χ1v) is 6.79. The molecule has 0 spiro atoms. The normalized spacial score (nSPS) is 38.4. The highest BCUT2D eigenvalue weighted by atomic mass is 16.6. The Kier molecular flexibility index (Phi) is 6.97. The quantitative estimate of drug-likeness (QED) is 0.199. The number of carbonyl (C=O) groups excluding carboxylic acids is 1. The average Bonchev–Trinajstić information content (AvgIpc) is 2.56. The minimum absolute atomic E-state index is 0.163. The lowest BCUT2D eigenvalue weighted by Crippen LogP contribution is -2.73. The standard InChI is InChI=1S/C12H22O11/c13-1-4(16)10(21)12(22,6(17)3-15)11-9(20)8(19)7(18)5(2-14)23-11/h1,4-11,14-22H,2-3H2/t4-,5+,6+,7-,8-,9+,10+,11+,12+/m0/s1. The fraction of sp³-hybridized carbons (Fsp3) is 0.917. The molecule has 0 aromatic rings. The molecule has 0 aliphatic carbocycles. The molecule has 1 saturated heterocycles. The third-order valence-electron chi connectivity index (χ3n) is 3.99. The summed E-state index contributed by atoms with van der Waals surface area (Å²) in [6, 6.07) is 0. The molecule has 0 bridgehead atoms. The predicted octanol–water partition coefficient (Wildman–Crippen LogP) is -6.17. The van der Waals surface area contributed by atoms with Crippen LogP contribution in [0.1, 0.15) is 0 Å². The third kappa shape index (κ3) is 3.53. The maximum absolute atomic E-state index is 10.6. The minimum atomic E-state index is -3.00. The largest absolute Gasteiger partial charge is 0.394 e. The molecule has 11 nitrogen and oxygen atoms in total. The number of ether oxygens (including phenoxy) is 1. The zero-order chi connectivity index (χ0) is 17.9. The summed E-state index contributed by atoms with van der Waals surface area (Å²) in [6.07, 6.45) is -16.3. The highest BCUT2D eigenvalue weighted by Gasteiger charge is 2.59. The van der Waals surface area contributed by atoms with Crippen LogP contribution in [0, 0.1) is 0 Å². The molecule has 1 aliphatic heterocycles. The Morgan fingerprint density at radius 1 is 1.04 bits per heavy atom. The highest BCUT2D eigenvalue weighted by molar-refractivity contribution is 5.57. The van der Waals surface area contributed by atoms with Gasteiger partial charge in [-0.1, -0.05) is 0 Å². The summed E-state index contributed by atoms with van der Waals surface area (Å²) < 4.78 is 5.02. The Morgan fingerprint density at radius 3 is 2.04 bits per heavy atom. The van der Waals surface area contributed by atoms with Crippen molar-refractivity contribution in [2.45, 2.75) is 54.4 Å². The Morgan fingerprint density at radius 2 is 1.61 bits per heavy atom. The molecule has 0 unspecified atom stereocenters. The summed E-state index contributed by atoms with van der Waals surface area (Å²) in [5.41, 5.74) is -3.00. The van der Waals surface area contributed by atoms with Crippen LogP contribution in [-0.2, 0) is 9.53 Å². The Bertz CT molecular complexity index is 391. The maximum atomic E-state index is 10.6. The summed E-state index contributed by atoms with van der Waals surface area (Å²) in [7, 11) is 0. The van der Waals surface area contributed by atoms with Gasteiger partial charge in [0.25, 0.3) is 0 Å². The molecule has 23 heavy (non-hydrogen) atoms. The fourth-order valence-electron chi connectivity index (χ4n) is 2.53. The molecule has 0 saturated carbocycles. The van der Waals surface area contributed by atoms with Gasteiger partial charge in [-0.05, 0) is 0 Å². The smallest absolute Gasteiger partial charge is 0.151 e. The van der Waals surface area contributed by atoms with Gasteiger partial charge in [-0.3, -0.25) is 0 Å². The van der Waals surface area contributed by atoms with E-state index in [2.05, 4.69) is 0 Å². The van der Waals surface area contributed by atoms with Crippen LogP contribution in [0.3, 0.4) is 0 Å². The van der Waals surface area contributed by atoms with Gasteiger partial charge in [0.05, 0.1) is 13.2 Å². The lowest BCUT2D eigenvalue weighted by Gasteiger charge is -2.49. The van der Waals surface area contributed by atoms with Crippen LogP contribution in [0.2, 0.25) is 0 Å². The van der Waals surface area contributed by atoms with E-state index in [1.165, 1.54) is 0 Å². The molecule has 1 heterocycles. The van der Waals surface area contributed by atoms with Gasteiger partial charge in [0.15, 0.2) is 6.29 Å². The van der Waals surface area contributed by atoms with E-state index in [1.807, 2.05) is 0 Å². The molecular weight excluding hydrogens is 320 g/mol. The van der Waals surface area contributed by atoms with E-state index >= 15 is 0 Å². The van der Waals surface area contributed by atoms with Gasteiger partial charge in [-0.15, -0.1) is 0 Å². The van der Waals surface area contributed by atoms with Crippen molar-refractivity contribution in [3.05, 3.63) is 0 Å². The predicted molar refractivity (Wildman–Crippen MR) is 69.9 cm³/mol. The zero-order valence-electron chi connectivity index (χ0n) is 12.0. The van der Waals surface area contributed by atoms with Gasteiger partial charge < -0.3 is 55.5 Å². The first-order valence-electron chi connectivity index (χ1n) is 6.79. The first-order chi connectivity index (χ1) is 10.7. The zero-order valence-corrected chi connectivity index (χ0v) is 12.0. The number of carbonyl (C=O) groups is 1. The summed E-state index contributed by atoms with van der Waals surface area (Å²) in [5.74, 6) is 0. The lowest BCUT2D eigenvalue weighted by atomic mass is 9.76. The fourth-order valence-corrected chi connectivity index (χ4v) is 2.53. The van der Waals surface area contributed by atoms with Gasteiger partial charge >= 0.3 is 0 Å². The molecular formula is C12H22O11. The molecule has 1 aliphatic rings. The molecule has 1 rings (SSSR count). The monoisotopic (exact) mass is 342 g/mol. The van der Waals surface area contributed by atoms with Gasteiger partial charge in [0.1, 0.15) is 54.4 Å². The van der Waals surface area contributed by atoms with Crippen molar-refractivity contribution in [1.29, 1.82) is 0 Å². The number of aliphatic hydroxyl groups is 9. The second-order valence-corrected chi connectivity index (χ2v) is 5.41. The van der Waals surface area contributed by atoms with Crippen LogP contribution in [0.4, 0.5) is 0 Å². The van der Waals surface area contributed by atoms with Crippen molar-refractivity contribution in [3.63, 3.8) is 0 Å². The van der Waals surface area contributed by atoms with Crippen molar-refractivity contribution in [2.75, 3.05) is 13.2 Å². The molecule has 0 aromatic heterocycles. The van der Waals surface area contributed by atoms with Crippen molar-refractivity contribution in [3.8, 4) is 0 Å². The molecule has 136 valence electrons. The number of aliphatic hydroxyl groups excluding tert-OH is 8. The molecule has 0 amide bonds. The van der Waals surface area contributed by atoms with Crippen LogP contribution in [0.25, 0.3) is 0 Å². The van der Waals surface area contributed by atoms with Crippen LogP contribution >= 0.6 is 0 Å². The van der Waals surface area contributed by atoms with Crippen LogP contribution in [0.15, 0.2) is 0 Å². The van der Waals surface area contributed by atoms with Crippen molar-refractivity contribution in [1.82, 2.24) is 0 Å². The van der Waals surface area contributed by atoms with Crippen LogP contribution in [0.5, 0.6) is 0 Å². The van der Waals surface area contributed by atoms with E-state index in [0.29, 0.717) is 0 Å².